The predicted octanol–water partition coefficient (Wildman–Crippen LogP) is 4.56. The van der Waals surface area contributed by atoms with Crippen LogP contribution in [0.1, 0.15) is 30.5 Å². The Bertz CT molecular complexity index is 952. The Morgan fingerprint density at radius 3 is 2.31 bits per heavy atom. The third-order valence-electron chi connectivity index (χ3n) is 4.27. The normalized spacial score (nSPS) is 15.8. The molecule has 1 amide bonds. The highest BCUT2D eigenvalue weighted by Crippen LogP contribution is 2.32. The van der Waals surface area contributed by atoms with E-state index in [0.29, 0.717) is 16.6 Å². The van der Waals surface area contributed by atoms with Gasteiger partial charge in [0.15, 0.2) is 5.17 Å². The highest BCUT2D eigenvalue weighted by Gasteiger charge is 2.33. The van der Waals surface area contributed by atoms with Crippen molar-refractivity contribution in [1.82, 2.24) is 0 Å². The molecule has 5 nitrogen and oxygen atoms in total. The van der Waals surface area contributed by atoms with Gasteiger partial charge in [-0.2, -0.15) is 0 Å². The minimum atomic E-state index is -0.868. The summed E-state index contributed by atoms with van der Waals surface area (Å²) in [5.41, 5.74) is 3.30. The van der Waals surface area contributed by atoms with Gasteiger partial charge in [-0.15, -0.1) is 0 Å². The van der Waals surface area contributed by atoms with E-state index >= 15 is 0 Å². The zero-order valence-electron chi connectivity index (χ0n) is 17.4. The average molecular weight is 411 g/mol. The summed E-state index contributed by atoms with van der Waals surface area (Å²) in [5, 5.41) is 10.7. The van der Waals surface area contributed by atoms with Gasteiger partial charge in [0.05, 0.1) is 18.4 Å². The lowest BCUT2D eigenvalue weighted by atomic mass is 10.1. The lowest BCUT2D eigenvalue weighted by molar-refractivity contribution is -0.113. The number of benzene rings is 2. The number of aliphatic hydroxyl groups is 1. The Kier molecular flexibility index (Phi) is 6.15. The third kappa shape index (κ3) is 5.28. The van der Waals surface area contributed by atoms with Crippen molar-refractivity contribution in [3.05, 3.63) is 64.9 Å². The first-order chi connectivity index (χ1) is 13.7. The number of hydrogen-bond acceptors (Lipinski definition) is 5. The van der Waals surface area contributed by atoms with E-state index in [1.165, 1.54) is 11.8 Å². The third-order valence-corrected chi connectivity index (χ3v) is 5.65. The van der Waals surface area contributed by atoms with Crippen molar-refractivity contribution in [2.45, 2.75) is 33.3 Å². The highest BCUT2D eigenvalue weighted by molar-refractivity contribution is 8.14. The van der Waals surface area contributed by atoms with Gasteiger partial charge in [-0.25, -0.2) is 4.99 Å². The Balaban J connectivity index is 1.98. The van der Waals surface area contributed by atoms with E-state index in [-0.39, 0.29) is 5.91 Å². The molecule has 0 saturated heterocycles. The molecule has 0 spiro atoms. The molecule has 3 rings (SSSR count). The van der Waals surface area contributed by atoms with Gasteiger partial charge in [-0.1, -0.05) is 30.0 Å². The van der Waals surface area contributed by atoms with E-state index in [9.17, 15) is 9.90 Å². The highest BCUT2D eigenvalue weighted by atomic mass is 32.2. The smallest absolute Gasteiger partial charge is 0.283 e. The summed E-state index contributed by atoms with van der Waals surface area (Å²) < 4.78 is 5.19. The van der Waals surface area contributed by atoms with Crippen LogP contribution in [-0.4, -0.2) is 34.6 Å². The van der Waals surface area contributed by atoms with E-state index < -0.39 is 5.60 Å². The SMILES string of the molecule is COc1ccc(/C=C2\N=C(SCC(C)(C)O)N(c3cc(C)cc(C)c3)C2=O)cc1. The first kappa shape index (κ1) is 21.1. The number of rotatable bonds is 5. The maximum absolute atomic E-state index is 13.2. The van der Waals surface area contributed by atoms with Gasteiger partial charge in [-0.05, 0) is 74.7 Å². The fraction of sp³-hybridized carbons (Fsp3) is 0.304. The molecule has 0 fully saturated rings. The molecule has 1 aliphatic heterocycles. The van der Waals surface area contributed by atoms with E-state index in [1.54, 1.807) is 31.9 Å². The Labute approximate surface area is 176 Å². The number of thioether (sulfide) groups is 1. The number of anilines is 1. The first-order valence-corrected chi connectivity index (χ1v) is 10.4. The lowest BCUT2D eigenvalue weighted by Crippen LogP contribution is -2.32. The minimum Gasteiger partial charge on any atom is -0.497 e. The predicted molar refractivity (Wildman–Crippen MR) is 121 cm³/mol. The molecular formula is C23H26N2O3S. The molecular weight excluding hydrogens is 384 g/mol. The van der Waals surface area contributed by atoms with Gasteiger partial charge >= 0.3 is 0 Å². The van der Waals surface area contributed by atoms with E-state index in [1.807, 2.05) is 50.2 Å². The van der Waals surface area contributed by atoms with Crippen molar-refractivity contribution >= 4 is 34.6 Å². The van der Waals surface area contributed by atoms with Crippen LogP contribution < -0.4 is 9.64 Å². The molecule has 152 valence electrons. The van der Waals surface area contributed by atoms with Crippen LogP contribution in [-0.2, 0) is 4.79 Å². The van der Waals surface area contributed by atoms with Gasteiger partial charge in [0.2, 0.25) is 0 Å². The molecule has 0 bridgehead atoms. The Morgan fingerprint density at radius 2 is 1.76 bits per heavy atom. The number of nitrogens with zero attached hydrogens (tertiary/aromatic N) is 2. The van der Waals surface area contributed by atoms with Crippen LogP contribution in [0.5, 0.6) is 5.75 Å². The standard InChI is InChI=1S/C23H26N2O3S/c1-15-10-16(2)12-18(11-15)25-21(26)20(24-22(25)29-14-23(3,4)27)13-17-6-8-19(28-5)9-7-17/h6-13,27H,14H2,1-5H3/b20-13-. The number of amidine groups is 1. The number of methoxy groups -OCH3 is 1. The summed E-state index contributed by atoms with van der Waals surface area (Å²) in [5.74, 6) is 1.01. The molecule has 6 heteroatoms. The summed E-state index contributed by atoms with van der Waals surface area (Å²) in [4.78, 5) is 19.5. The van der Waals surface area contributed by atoms with Crippen LogP contribution in [0.25, 0.3) is 6.08 Å². The Morgan fingerprint density at radius 1 is 1.14 bits per heavy atom. The fourth-order valence-electron chi connectivity index (χ4n) is 3.00. The minimum absolute atomic E-state index is 0.177. The number of aryl methyl sites for hydroxylation is 2. The molecule has 0 atom stereocenters. The fourth-order valence-corrected chi connectivity index (χ4v) is 3.96. The van der Waals surface area contributed by atoms with E-state index in [2.05, 4.69) is 11.1 Å². The summed E-state index contributed by atoms with van der Waals surface area (Å²) in [6, 6.07) is 13.5. The van der Waals surface area contributed by atoms with E-state index in [0.717, 1.165) is 28.1 Å². The van der Waals surface area contributed by atoms with Crippen molar-refractivity contribution in [3.8, 4) is 5.75 Å². The van der Waals surface area contributed by atoms with Crippen molar-refractivity contribution in [3.63, 3.8) is 0 Å². The summed E-state index contributed by atoms with van der Waals surface area (Å²) in [6.45, 7) is 7.50. The van der Waals surface area contributed by atoms with Crippen LogP contribution in [0.4, 0.5) is 5.69 Å². The monoisotopic (exact) mass is 410 g/mol. The molecule has 0 unspecified atom stereocenters. The quantitative estimate of drug-likeness (QED) is 0.734. The summed E-state index contributed by atoms with van der Waals surface area (Å²) in [6.07, 6.45) is 1.77. The van der Waals surface area contributed by atoms with Gasteiger partial charge < -0.3 is 9.84 Å². The van der Waals surface area contributed by atoms with Gasteiger partial charge in [0.1, 0.15) is 11.4 Å². The number of amides is 1. The molecule has 0 radical (unpaired) electrons. The molecule has 1 aliphatic rings. The molecule has 2 aromatic rings. The maximum atomic E-state index is 13.2. The second-order valence-electron chi connectivity index (χ2n) is 7.78. The molecule has 1 N–H and O–H groups in total. The maximum Gasteiger partial charge on any atom is 0.283 e. The second kappa shape index (κ2) is 8.43. The first-order valence-electron chi connectivity index (χ1n) is 9.39. The van der Waals surface area contributed by atoms with Crippen LogP contribution in [0, 0.1) is 13.8 Å². The largest absolute Gasteiger partial charge is 0.497 e. The lowest BCUT2D eigenvalue weighted by Gasteiger charge is -2.22. The van der Waals surface area contributed by atoms with Crippen LogP contribution in [0.15, 0.2) is 53.2 Å². The molecule has 0 saturated carbocycles. The topological polar surface area (TPSA) is 62.1 Å². The number of aliphatic imine (C=N–C) groups is 1. The number of carbonyl (C=O) groups excluding carboxylic acids is 1. The number of ether oxygens (including phenoxy) is 1. The summed E-state index contributed by atoms with van der Waals surface area (Å²) in [7, 11) is 1.62. The molecule has 29 heavy (non-hydrogen) atoms. The second-order valence-corrected chi connectivity index (χ2v) is 8.73. The number of carbonyl (C=O) groups is 1. The molecule has 1 heterocycles. The van der Waals surface area contributed by atoms with Crippen LogP contribution in [0.3, 0.4) is 0 Å². The van der Waals surface area contributed by atoms with Crippen LogP contribution in [0.2, 0.25) is 0 Å². The number of hydrogen-bond donors (Lipinski definition) is 1. The van der Waals surface area contributed by atoms with Gasteiger partial charge in [-0.3, -0.25) is 9.69 Å². The summed E-state index contributed by atoms with van der Waals surface area (Å²) >= 11 is 1.37. The van der Waals surface area contributed by atoms with E-state index in [4.69, 9.17) is 4.74 Å². The zero-order chi connectivity index (χ0) is 21.2. The van der Waals surface area contributed by atoms with Crippen molar-refractivity contribution < 1.29 is 14.6 Å². The molecule has 2 aromatic carbocycles. The van der Waals surface area contributed by atoms with Crippen molar-refractivity contribution in [1.29, 1.82) is 0 Å². The average Bonchev–Trinajstić information content (AvgIpc) is 2.95. The van der Waals surface area contributed by atoms with Gasteiger partial charge in [0, 0.05) is 5.75 Å². The molecule has 0 aliphatic carbocycles. The zero-order valence-corrected chi connectivity index (χ0v) is 18.2. The van der Waals surface area contributed by atoms with Gasteiger partial charge in [0.25, 0.3) is 5.91 Å². The Hall–Kier alpha value is -2.57. The van der Waals surface area contributed by atoms with Crippen molar-refractivity contribution in [2.24, 2.45) is 4.99 Å². The van der Waals surface area contributed by atoms with Crippen LogP contribution >= 0.6 is 11.8 Å². The molecule has 0 aromatic heterocycles. The van der Waals surface area contributed by atoms with Crippen molar-refractivity contribution in [2.75, 3.05) is 17.8 Å².